The lowest BCUT2D eigenvalue weighted by atomic mass is 10.1. The smallest absolute Gasteiger partial charge is 0.417 e. The van der Waals surface area contributed by atoms with Gasteiger partial charge in [0.15, 0.2) is 11.5 Å². The Balaban J connectivity index is 1.71. The number of pyridine rings is 1. The van der Waals surface area contributed by atoms with Crippen molar-refractivity contribution in [2.24, 2.45) is 5.92 Å². The number of hydrogen-bond donors (Lipinski definition) is 1. The molecule has 206 valence electrons. The Morgan fingerprint density at radius 3 is 2.41 bits per heavy atom. The van der Waals surface area contributed by atoms with Crippen molar-refractivity contribution in [1.82, 2.24) is 4.98 Å². The largest absolute Gasteiger partial charge is 0.493 e. The first-order chi connectivity index (χ1) is 18.8. The standard InChI is InChI=1S/C27H24Cl2F2N2O6/c1-35-22-8-5-16(9-25(22)36-2)33-27(34)39-24(11-19-20(28)12-32-13-21(19)29)18-7-6-17(38-26(30)31)10-23(18)37-14-15-3-4-15/h5-13,15,26H,3-4,14H2,1-2H3,(H,33,34)/b24-11-. The molecule has 0 spiro atoms. The van der Waals surface area contributed by atoms with Crippen LogP contribution in [0.2, 0.25) is 10.0 Å². The Hall–Kier alpha value is -3.76. The van der Waals surface area contributed by atoms with Crippen LogP contribution in [0.5, 0.6) is 23.0 Å². The normalized spacial score (nSPS) is 13.2. The highest BCUT2D eigenvalue weighted by Crippen LogP contribution is 2.37. The number of anilines is 1. The SMILES string of the molecule is COc1ccc(NC(=O)O/C(=C\c2c(Cl)cncc2Cl)c2ccc(OC(F)F)cc2OCC2CC2)cc1OC. The molecule has 3 aromatic rings. The van der Waals surface area contributed by atoms with Crippen molar-refractivity contribution in [3.05, 3.63) is 70.0 Å². The molecule has 1 amide bonds. The molecule has 12 heteroatoms. The minimum absolute atomic E-state index is 0.0163. The molecule has 0 aliphatic heterocycles. The van der Waals surface area contributed by atoms with Crippen LogP contribution in [0.15, 0.2) is 48.8 Å². The second kappa shape index (κ2) is 12.9. The van der Waals surface area contributed by atoms with E-state index in [1.165, 1.54) is 50.9 Å². The molecule has 1 fully saturated rings. The number of methoxy groups -OCH3 is 2. The maximum absolute atomic E-state index is 13.0. The van der Waals surface area contributed by atoms with Gasteiger partial charge in [0, 0.05) is 35.8 Å². The van der Waals surface area contributed by atoms with Gasteiger partial charge in [-0.3, -0.25) is 10.3 Å². The van der Waals surface area contributed by atoms with Gasteiger partial charge in [-0.2, -0.15) is 8.78 Å². The van der Waals surface area contributed by atoms with Crippen LogP contribution in [-0.2, 0) is 4.74 Å². The minimum Gasteiger partial charge on any atom is -0.493 e. The summed E-state index contributed by atoms with van der Waals surface area (Å²) in [6.45, 7) is -2.67. The van der Waals surface area contributed by atoms with E-state index in [1.54, 1.807) is 18.2 Å². The summed E-state index contributed by atoms with van der Waals surface area (Å²) >= 11 is 12.6. The van der Waals surface area contributed by atoms with Gasteiger partial charge in [-0.1, -0.05) is 23.2 Å². The third-order valence-corrected chi connectivity index (χ3v) is 6.22. The van der Waals surface area contributed by atoms with Gasteiger partial charge in [-0.05, 0) is 49.1 Å². The molecular formula is C27H24Cl2F2N2O6. The molecule has 0 radical (unpaired) electrons. The molecule has 2 aromatic carbocycles. The highest BCUT2D eigenvalue weighted by molar-refractivity contribution is 6.37. The third-order valence-electron chi connectivity index (χ3n) is 5.61. The molecule has 0 unspecified atom stereocenters. The van der Waals surface area contributed by atoms with E-state index in [4.69, 9.17) is 42.1 Å². The summed E-state index contributed by atoms with van der Waals surface area (Å²) in [5, 5.41) is 3.01. The number of benzene rings is 2. The lowest BCUT2D eigenvalue weighted by Gasteiger charge is -2.17. The summed E-state index contributed by atoms with van der Waals surface area (Å²) < 4.78 is 52.4. The van der Waals surface area contributed by atoms with E-state index >= 15 is 0 Å². The fraction of sp³-hybridized carbons (Fsp3) is 0.259. The maximum atomic E-state index is 13.0. The Morgan fingerprint density at radius 2 is 1.77 bits per heavy atom. The van der Waals surface area contributed by atoms with E-state index in [0.717, 1.165) is 12.8 Å². The second-order valence-corrected chi connectivity index (χ2v) is 9.21. The van der Waals surface area contributed by atoms with Crippen LogP contribution in [0.3, 0.4) is 0 Å². The predicted octanol–water partition coefficient (Wildman–Crippen LogP) is 7.54. The summed E-state index contributed by atoms with van der Waals surface area (Å²) in [6.07, 6.45) is 5.33. The van der Waals surface area contributed by atoms with Crippen molar-refractivity contribution >= 4 is 46.8 Å². The molecule has 1 saturated carbocycles. The van der Waals surface area contributed by atoms with Gasteiger partial charge < -0.3 is 23.7 Å². The zero-order valence-electron chi connectivity index (χ0n) is 20.9. The average Bonchev–Trinajstić information content (AvgIpc) is 3.73. The van der Waals surface area contributed by atoms with Crippen molar-refractivity contribution < 1.29 is 37.3 Å². The summed E-state index contributed by atoms with van der Waals surface area (Å²) in [5.74, 6) is 1.26. The second-order valence-electron chi connectivity index (χ2n) is 8.40. The fourth-order valence-electron chi connectivity index (χ4n) is 3.50. The maximum Gasteiger partial charge on any atom is 0.417 e. The monoisotopic (exact) mass is 580 g/mol. The summed E-state index contributed by atoms with van der Waals surface area (Å²) in [7, 11) is 2.96. The number of ether oxygens (including phenoxy) is 5. The molecular weight excluding hydrogens is 557 g/mol. The Morgan fingerprint density at radius 1 is 1.05 bits per heavy atom. The zero-order chi connectivity index (χ0) is 27.9. The molecule has 1 aliphatic carbocycles. The number of hydrogen-bond acceptors (Lipinski definition) is 7. The van der Waals surface area contributed by atoms with Gasteiger partial charge >= 0.3 is 12.7 Å². The van der Waals surface area contributed by atoms with Crippen LogP contribution in [0.1, 0.15) is 24.0 Å². The van der Waals surface area contributed by atoms with Crippen molar-refractivity contribution in [2.75, 3.05) is 26.1 Å². The van der Waals surface area contributed by atoms with Gasteiger partial charge in [0.25, 0.3) is 0 Å². The van der Waals surface area contributed by atoms with Crippen LogP contribution in [0.4, 0.5) is 19.3 Å². The molecule has 4 rings (SSSR count). The predicted molar refractivity (Wildman–Crippen MR) is 143 cm³/mol. The van der Waals surface area contributed by atoms with Crippen LogP contribution in [-0.4, -0.2) is 38.5 Å². The number of aromatic nitrogens is 1. The van der Waals surface area contributed by atoms with Gasteiger partial charge in [-0.25, -0.2) is 4.79 Å². The molecule has 39 heavy (non-hydrogen) atoms. The van der Waals surface area contributed by atoms with E-state index in [9.17, 15) is 13.6 Å². The van der Waals surface area contributed by atoms with Crippen molar-refractivity contribution in [3.8, 4) is 23.0 Å². The van der Waals surface area contributed by atoms with Crippen LogP contribution in [0, 0.1) is 5.92 Å². The highest BCUT2D eigenvalue weighted by atomic mass is 35.5. The number of nitrogens with one attached hydrogen (secondary N) is 1. The molecule has 1 aromatic heterocycles. The third kappa shape index (κ3) is 7.64. The number of alkyl halides is 2. The molecule has 0 bridgehead atoms. The fourth-order valence-corrected chi connectivity index (χ4v) is 3.98. The van der Waals surface area contributed by atoms with E-state index in [1.807, 2.05) is 0 Å². The van der Waals surface area contributed by atoms with E-state index in [2.05, 4.69) is 15.0 Å². The zero-order valence-corrected chi connectivity index (χ0v) is 22.4. The van der Waals surface area contributed by atoms with Gasteiger partial charge in [-0.15, -0.1) is 0 Å². The molecule has 1 N–H and O–H groups in total. The van der Waals surface area contributed by atoms with Crippen molar-refractivity contribution in [3.63, 3.8) is 0 Å². The lowest BCUT2D eigenvalue weighted by Crippen LogP contribution is -2.14. The molecule has 1 heterocycles. The molecule has 0 saturated heterocycles. The van der Waals surface area contributed by atoms with Crippen LogP contribution < -0.4 is 24.3 Å². The first-order valence-electron chi connectivity index (χ1n) is 11.7. The van der Waals surface area contributed by atoms with Crippen molar-refractivity contribution in [2.45, 2.75) is 19.5 Å². The van der Waals surface area contributed by atoms with Crippen molar-refractivity contribution in [1.29, 1.82) is 0 Å². The number of carbonyl (C=O) groups is 1. The summed E-state index contributed by atoms with van der Waals surface area (Å²) in [6, 6.07) is 8.84. The molecule has 8 nitrogen and oxygen atoms in total. The summed E-state index contributed by atoms with van der Waals surface area (Å²) in [5.41, 5.74) is 0.967. The lowest BCUT2D eigenvalue weighted by molar-refractivity contribution is -0.0499. The Kier molecular flexibility index (Phi) is 9.32. The number of halogens is 4. The highest BCUT2D eigenvalue weighted by Gasteiger charge is 2.24. The van der Waals surface area contributed by atoms with E-state index in [-0.39, 0.29) is 32.9 Å². The first-order valence-corrected chi connectivity index (χ1v) is 12.5. The number of rotatable bonds is 11. The molecule has 1 aliphatic rings. The topological polar surface area (TPSA) is 88.1 Å². The van der Waals surface area contributed by atoms with Crippen LogP contribution in [0.25, 0.3) is 11.8 Å². The first kappa shape index (κ1) is 28.3. The Labute approximate surface area is 233 Å². The molecule has 0 atom stereocenters. The van der Waals surface area contributed by atoms with E-state index < -0.39 is 12.7 Å². The van der Waals surface area contributed by atoms with Crippen LogP contribution >= 0.6 is 23.2 Å². The van der Waals surface area contributed by atoms with Gasteiger partial charge in [0.05, 0.1) is 36.4 Å². The number of carbonyl (C=O) groups excluding carboxylic acids is 1. The van der Waals surface area contributed by atoms with Gasteiger partial charge in [0.1, 0.15) is 17.3 Å². The average molecular weight is 581 g/mol. The number of amides is 1. The summed E-state index contributed by atoms with van der Waals surface area (Å²) in [4.78, 5) is 17.0. The van der Waals surface area contributed by atoms with E-state index in [0.29, 0.717) is 35.3 Å². The van der Waals surface area contributed by atoms with Gasteiger partial charge in [0.2, 0.25) is 0 Å². The number of nitrogens with zero attached hydrogens (tertiary/aromatic N) is 1. The quantitative estimate of drug-likeness (QED) is 0.234. The minimum atomic E-state index is -3.03. The Bertz CT molecular complexity index is 1350.